The molecule has 0 unspecified atom stereocenters. The van der Waals surface area contributed by atoms with Crippen molar-refractivity contribution in [3.05, 3.63) is 23.8 Å². The number of carboxylic acid groups (broad SMARTS) is 1. The zero-order valence-corrected chi connectivity index (χ0v) is 13.7. The Kier molecular flexibility index (Phi) is 5.29. The van der Waals surface area contributed by atoms with E-state index in [9.17, 15) is 27.4 Å². The summed E-state index contributed by atoms with van der Waals surface area (Å²) in [6.07, 6.45) is -0.361. The summed E-state index contributed by atoms with van der Waals surface area (Å²) in [5, 5.41) is 8.58. The average Bonchev–Trinajstić information content (AvgIpc) is 2.58. The summed E-state index contributed by atoms with van der Waals surface area (Å²) < 4.78 is 32.6. The van der Waals surface area contributed by atoms with Crippen molar-refractivity contribution in [1.29, 1.82) is 0 Å². The molecule has 1 aliphatic rings. The van der Waals surface area contributed by atoms with Crippen molar-refractivity contribution in [1.82, 2.24) is 0 Å². The van der Waals surface area contributed by atoms with Crippen LogP contribution in [0.5, 0.6) is 0 Å². The van der Waals surface area contributed by atoms with Gasteiger partial charge in [0, 0.05) is 6.54 Å². The first kappa shape index (κ1) is 17.8. The van der Waals surface area contributed by atoms with Crippen molar-refractivity contribution in [2.75, 3.05) is 11.4 Å². The number of hydrogen-bond acceptors (Lipinski definition) is 6. The van der Waals surface area contributed by atoms with Crippen LogP contribution in [0.15, 0.2) is 23.1 Å². The molecule has 1 heterocycles. The number of carbonyl (C=O) groups is 3. The summed E-state index contributed by atoms with van der Waals surface area (Å²) in [6, 6.07) is 2.95. The maximum Gasteiger partial charge on any atom is 1.00 e. The van der Waals surface area contributed by atoms with Gasteiger partial charge in [-0.15, -0.1) is 0 Å². The largest absolute Gasteiger partial charge is 1.00 e. The van der Waals surface area contributed by atoms with Gasteiger partial charge in [-0.1, -0.05) is 0 Å². The van der Waals surface area contributed by atoms with E-state index in [2.05, 4.69) is 0 Å². The summed E-state index contributed by atoms with van der Waals surface area (Å²) in [7, 11) is -4.73. The van der Waals surface area contributed by atoms with E-state index in [-0.39, 0.29) is 53.8 Å². The number of hydrogen-bond donors (Lipinski definition) is 1. The molecule has 1 aromatic rings. The van der Waals surface area contributed by atoms with E-state index in [1.165, 1.54) is 0 Å². The first-order valence-corrected chi connectivity index (χ1v) is 6.80. The van der Waals surface area contributed by atoms with Gasteiger partial charge < -0.3 is 14.6 Å². The molecule has 0 radical (unpaired) electrons. The van der Waals surface area contributed by atoms with Gasteiger partial charge in [-0.25, -0.2) is 8.42 Å². The minimum Gasteiger partial charge on any atom is -0.744 e. The predicted molar refractivity (Wildman–Crippen MR) is 63.3 cm³/mol. The van der Waals surface area contributed by atoms with Gasteiger partial charge in [0.1, 0.15) is 10.1 Å². The molecule has 0 fully saturated rings. The Morgan fingerprint density at radius 1 is 1.29 bits per heavy atom. The third-order valence-corrected chi connectivity index (χ3v) is 3.61. The molecular weight excluding hydrogens is 313 g/mol. The second-order valence-electron chi connectivity index (χ2n) is 4.06. The molecule has 1 aliphatic heterocycles. The van der Waals surface area contributed by atoms with Crippen molar-refractivity contribution >= 4 is 33.5 Å². The number of rotatable bonds is 4. The summed E-state index contributed by atoms with van der Waals surface area (Å²) in [6.45, 7) is -0.212. The van der Waals surface area contributed by atoms with E-state index in [1.54, 1.807) is 0 Å². The Hall–Kier alpha value is -1.26. The third kappa shape index (κ3) is 3.50. The SMILES string of the molecule is O=C(O)CCN1C(=O)C(=O)c2cc(S(=O)(=O)[O-])ccc21.[Na+]. The van der Waals surface area contributed by atoms with Crippen LogP contribution in [0.1, 0.15) is 16.8 Å². The molecule has 21 heavy (non-hydrogen) atoms. The van der Waals surface area contributed by atoms with Crippen LogP contribution < -0.4 is 34.5 Å². The smallest absolute Gasteiger partial charge is 0.744 e. The molecule has 106 valence electrons. The second kappa shape index (κ2) is 6.24. The number of fused-ring (bicyclic) bond motifs is 1. The molecule has 0 atom stereocenters. The Bertz CT molecular complexity index is 728. The Balaban J connectivity index is 0.00000220. The Labute approximate surface area is 141 Å². The Morgan fingerprint density at radius 2 is 1.90 bits per heavy atom. The van der Waals surface area contributed by atoms with Gasteiger partial charge in [0.05, 0.1) is 22.6 Å². The van der Waals surface area contributed by atoms with Crippen LogP contribution >= 0.6 is 0 Å². The van der Waals surface area contributed by atoms with Crippen molar-refractivity contribution in [3.63, 3.8) is 0 Å². The standard InChI is InChI=1S/C11H9NO7S.Na/c13-9(14)3-4-12-8-2-1-6(20(17,18)19)5-7(8)10(15)11(12)16;/h1-2,5H,3-4H2,(H,13,14)(H,17,18,19);/q;+1/p-1. The van der Waals surface area contributed by atoms with Gasteiger partial charge in [0.15, 0.2) is 0 Å². The monoisotopic (exact) mass is 321 g/mol. The van der Waals surface area contributed by atoms with E-state index in [0.717, 1.165) is 23.1 Å². The number of ketones is 1. The van der Waals surface area contributed by atoms with Crippen molar-refractivity contribution in [3.8, 4) is 0 Å². The zero-order chi connectivity index (χ0) is 15.1. The number of amides is 1. The van der Waals surface area contributed by atoms with Crippen LogP contribution in [-0.2, 0) is 19.7 Å². The van der Waals surface area contributed by atoms with Gasteiger partial charge in [0.2, 0.25) is 0 Å². The molecule has 1 amide bonds. The summed E-state index contributed by atoms with van der Waals surface area (Å²) >= 11 is 0. The second-order valence-corrected chi connectivity index (χ2v) is 5.44. The fourth-order valence-electron chi connectivity index (χ4n) is 1.86. The molecule has 10 heteroatoms. The van der Waals surface area contributed by atoms with Crippen LogP contribution in [0.4, 0.5) is 5.69 Å². The van der Waals surface area contributed by atoms with E-state index < -0.39 is 32.7 Å². The van der Waals surface area contributed by atoms with Gasteiger partial charge in [-0.3, -0.25) is 14.4 Å². The van der Waals surface area contributed by atoms with E-state index in [0.29, 0.717) is 0 Å². The average molecular weight is 321 g/mol. The number of anilines is 1. The number of benzene rings is 1. The van der Waals surface area contributed by atoms with Gasteiger partial charge in [0.25, 0.3) is 11.7 Å². The third-order valence-electron chi connectivity index (χ3n) is 2.78. The van der Waals surface area contributed by atoms with Crippen molar-refractivity contribution in [2.45, 2.75) is 11.3 Å². The van der Waals surface area contributed by atoms with Crippen molar-refractivity contribution < 1.29 is 62.0 Å². The summed E-state index contributed by atoms with van der Waals surface area (Å²) in [5.74, 6) is -3.05. The fourth-order valence-corrected chi connectivity index (χ4v) is 2.36. The van der Waals surface area contributed by atoms with Crippen LogP contribution in [0.25, 0.3) is 0 Å². The molecule has 0 aliphatic carbocycles. The molecule has 1 N–H and O–H groups in total. The molecule has 0 saturated carbocycles. The van der Waals surface area contributed by atoms with Gasteiger partial charge in [-0.2, -0.15) is 0 Å². The Morgan fingerprint density at radius 3 is 2.43 bits per heavy atom. The van der Waals surface area contributed by atoms with Gasteiger partial charge >= 0.3 is 35.5 Å². The quantitative estimate of drug-likeness (QED) is 0.347. The van der Waals surface area contributed by atoms with Crippen molar-refractivity contribution in [2.24, 2.45) is 0 Å². The summed E-state index contributed by atoms with van der Waals surface area (Å²) in [5.41, 5.74) is -0.106. The predicted octanol–water partition coefficient (Wildman–Crippen LogP) is -3.40. The number of Topliss-reactive ketones (excluding diaryl/α,β-unsaturated/α-hetero) is 1. The molecule has 0 bridgehead atoms. The summed E-state index contributed by atoms with van der Waals surface area (Å²) in [4.78, 5) is 34.2. The number of carbonyl (C=O) groups excluding carboxylic acids is 2. The minimum atomic E-state index is -4.73. The van der Waals surface area contributed by atoms with Gasteiger partial charge in [-0.05, 0) is 18.2 Å². The molecule has 1 aromatic carbocycles. The van der Waals surface area contributed by atoms with Crippen LogP contribution in [0.2, 0.25) is 0 Å². The van der Waals surface area contributed by atoms with Crippen LogP contribution in [0.3, 0.4) is 0 Å². The maximum absolute atomic E-state index is 11.7. The molecule has 0 spiro atoms. The van der Waals surface area contributed by atoms with E-state index in [4.69, 9.17) is 5.11 Å². The molecule has 0 aromatic heterocycles. The number of carboxylic acids is 1. The first-order valence-electron chi connectivity index (χ1n) is 5.40. The zero-order valence-electron chi connectivity index (χ0n) is 10.9. The number of aliphatic carboxylic acids is 1. The molecule has 2 rings (SSSR count). The minimum absolute atomic E-state index is 0. The maximum atomic E-state index is 11.7. The molecular formula is C11H8NNaO7S. The molecule has 8 nitrogen and oxygen atoms in total. The molecule has 0 saturated heterocycles. The van der Waals surface area contributed by atoms with Crippen LogP contribution in [-0.4, -0.2) is 42.3 Å². The van der Waals surface area contributed by atoms with E-state index >= 15 is 0 Å². The first-order chi connectivity index (χ1) is 9.21. The number of nitrogens with zero attached hydrogens (tertiary/aromatic N) is 1. The van der Waals surface area contributed by atoms with Crippen LogP contribution in [0, 0.1) is 0 Å². The topological polar surface area (TPSA) is 132 Å². The fraction of sp³-hybridized carbons (Fsp3) is 0.182. The van der Waals surface area contributed by atoms with E-state index in [1.807, 2.05) is 0 Å². The normalized spacial score (nSPS) is 13.9.